The summed E-state index contributed by atoms with van der Waals surface area (Å²) in [5.41, 5.74) is 2.56. The molecule has 2 rings (SSSR count). The van der Waals surface area contributed by atoms with Gasteiger partial charge >= 0.3 is 0 Å². The molecule has 4 heteroatoms. The van der Waals surface area contributed by atoms with Gasteiger partial charge in [0.05, 0.1) is 5.92 Å². The molecule has 2 N–H and O–H groups in total. The lowest BCUT2D eigenvalue weighted by Crippen LogP contribution is -2.11. The maximum Gasteiger partial charge on any atom is 0.231 e. The van der Waals surface area contributed by atoms with Crippen LogP contribution in [0, 0.1) is 0 Å². The molecular formula is C14H18N2O2. The van der Waals surface area contributed by atoms with Crippen LogP contribution in [0.3, 0.4) is 0 Å². The van der Waals surface area contributed by atoms with E-state index in [0.29, 0.717) is 6.42 Å². The Kier molecular flexibility index (Phi) is 3.65. The number of carbonyl (C=O) groups excluding carboxylic acids is 2. The summed E-state index contributed by atoms with van der Waals surface area (Å²) in [7, 11) is 0. The first-order valence-corrected chi connectivity index (χ1v) is 6.36. The molecule has 1 aromatic rings. The smallest absolute Gasteiger partial charge is 0.231 e. The monoisotopic (exact) mass is 246 g/mol. The Bertz CT molecular complexity index is 483. The number of hydrogen-bond donors (Lipinski definition) is 2. The summed E-state index contributed by atoms with van der Waals surface area (Å²) in [6.45, 7) is 3.92. The van der Waals surface area contributed by atoms with Crippen LogP contribution in [0.5, 0.6) is 0 Å². The molecule has 96 valence electrons. The van der Waals surface area contributed by atoms with Gasteiger partial charge in [0.1, 0.15) is 0 Å². The van der Waals surface area contributed by atoms with Crippen LogP contribution in [0.4, 0.5) is 11.4 Å². The summed E-state index contributed by atoms with van der Waals surface area (Å²) in [5.74, 6) is -0.103. The fourth-order valence-electron chi connectivity index (χ4n) is 2.06. The van der Waals surface area contributed by atoms with Crippen molar-refractivity contribution in [1.29, 1.82) is 0 Å². The zero-order valence-electron chi connectivity index (χ0n) is 10.7. The van der Waals surface area contributed by atoms with Gasteiger partial charge in [0, 0.05) is 17.8 Å². The molecule has 0 saturated carbocycles. The highest BCUT2D eigenvalue weighted by Gasteiger charge is 2.26. The zero-order valence-corrected chi connectivity index (χ0v) is 10.7. The first kappa shape index (κ1) is 12.6. The standard InChI is InChI=1S/C14H18N2O2/c1-3-4-5-13(17)15-10-6-7-12-11(8-10)9(2)14(18)16-12/h6-9H,3-5H2,1-2H3,(H,15,17)(H,16,18). The van der Waals surface area contributed by atoms with Crippen LogP contribution in [-0.4, -0.2) is 11.8 Å². The predicted molar refractivity (Wildman–Crippen MR) is 71.6 cm³/mol. The molecule has 1 unspecified atom stereocenters. The molecule has 1 heterocycles. The van der Waals surface area contributed by atoms with Gasteiger partial charge in [-0.3, -0.25) is 9.59 Å². The van der Waals surface area contributed by atoms with Crippen LogP contribution in [-0.2, 0) is 9.59 Å². The molecule has 2 amide bonds. The van der Waals surface area contributed by atoms with Gasteiger partial charge in [-0.05, 0) is 37.1 Å². The van der Waals surface area contributed by atoms with E-state index >= 15 is 0 Å². The van der Waals surface area contributed by atoms with E-state index in [1.54, 1.807) is 0 Å². The van der Waals surface area contributed by atoms with Crippen molar-refractivity contribution >= 4 is 23.2 Å². The Balaban J connectivity index is 2.08. The largest absolute Gasteiger partial charge is 0.326 e. The molecule has 1 atom stereocenters. The van der Waals surface area contributed by atoms with Crippen molar-refractivity contribution in [3.05, 3.63) is 23.8 Å². The third-order valence-corrected chi connectivity index (χ3v) is 3.21. The average molecular weight is 246 g/mol. The molecule has 0 aromatic heterocycles. The number of nitrogens with one attached hydrogen (secondary N) is 2. The lowest BCUT2D eigenvalue weighted by molar-refractivity contribution is -0.117. The number of anilines is 2. The first-order valence-electron chi connectivity index (χ1n) is 6.36. The molecule has 0 bridgehead atoms. The highest BCUT2D eigenvalue weighted by molar-refractivity contribution is 6.03. The third-order valence-electron chi connectivity index (χ3n) is 3.21. The van der Waals surface area contributed by atoms with Crippen molar-refractivity contribution in [2.24, 2.45) is 0 Å². The fourth-order valence-corrected chi connectivity index (χ4v) is 2.06. The molecule has 0 radical (unpaired) electrons. The molecule has 18 heavy (non-hydrogen) atoms. The second kappa shape index (κ2) is 5.21. The summed E-state index contributed by atoms with van der Waals surface area (Å²) in [6.07, 6.45) is 2.45. The van der Waals surface area contributed by atoms with Crippen LogP contribution < -0.4 is 10.6 Å². The molecule has 4 nitrogen and oxygen atoms in total. The number of hydrogen-bond acceptors (Lipinski definition) is 2. The highest BCUT2D eigenvalue weighted by Crippen LogP contribution is 2.33. The lowest BCUT2D eigenvalue weighted by atomic mass is 10.0. The van der Waals surface area contributed by atoms with Crippen LogP contribution in [0.15, 0.2) is 18.2 Å². The van der Waals surface area contributed by atoms with Gasteiger partial charge in [-0.25, -0.2) is 0 Å². The molecular weight excluding hydrogens is 228 g/mol. The summed E-state index contributed by atoms with van der Waals surface area (Å²) >= 11 is 0. The normalized spacial score (nSPS) is 17.2. The maximum atomic E-state index is 11.6. The summed E-state index contributed by atoms with van der Waals surface area (Å²) < 4.78 is 0. The molecule has 0 spiro atoms. The minimum atomic E-state index is -0.146. The van der Waals surface area contributed by atoms with Gasteiger partial charge in [-0.1, -0.05) is 13.3 Å². The number of fused-ring (bicyclic) bond motifs is 1. The minimum absolute atomic E-state index is 0.0134. The van der Waals surface area contributed by atoms with Crippen molar-refractivity contribution in [3.63, 3.8) is 0 Å². The van der Waals surface area contributed by atoms with Crippen molar-refractivity contribution in [1.82, 2.24) is 0 Å². The maximum absolute atomic E-state index is 11.6. The quantitative estimate of drug-likeness (QED) is 0.858. The Hall–Kier alpha value is -1.84. The topological polar surface area (TPSA) is 58.2 Å². The van der Waals surface area contributed by atoms with Gasteiger partial charge in [0.15, 0.2) is 0 Å². The van der Waals surface area contributed by atoms with Gasteiger partial charge in [0.2, 0.25) is 11.8 Å². The van der Waals surface area contributed by atoms with Crippen molar-refractivity contribution in [2.45, 2.75) is 39.0 Å². The number of amides is 2. The van der Waals surface area contributed by atoms with Crippen molar-refractivity contribution < 1.29 is 9.59 Å². The first-order chi connectivity index (χ1) is 8.61. The zero-order chi connectivity index (χ0) is 13.1. The van der Waals surface area contributed by atoms with E-state index < -0.39 is 0 Å². The SMILES string of the molecule is CCCCC(=O)Nc1ccc2c(c1)C(C)C(=O)N2. The van der Waals surface area contributed by atoms with E-state index in [4.69, 9.17) is 0 Å². The van der Waals surface area contributed by atoms with Gasteiger partial charge in [-0.2, -0.15) is 0 Å². The van der Waals surface area contributed by atoms with Gasteiger partial charge in [0.25, 0.3) is 0 Å². The summed E-state index contributed by atoms with van der Waals surface area (Å²) in [6, 6.07) is 5.54. The lowest BCUT2D eigenvalue weighted by Gasteiger charge is -2.07. The Morgan fingerprint density at radius 2 is 2.22 bits per heavy atom. The number of rotatable bonds is 4. The number of unbranched alkanes of at least 4 members (excludes halogenated alkanes) is 1. The molecule has 1 aliphatic heterocycles. The van der Waals surface area contributed by atoms with E-state index in [2.05, 4.69) is 17.6 Å². The van der Waals surface area contributed by atoms with Gasteiger partial charge in [-0.15, -0.1) is 0 Å². The number of carbonyl (C=O) groups is 2. The molecule has 0 fully saturated rings. The minimum Gasteiger partial charge on any atom is -0.326 e. The number of benzene rings is 1. The molecule has 0 aliphatic carbocycles. The van der Waals surface area contributed by atoms with Crippen LogP contribution in [0.25, 0.3) is 0 Å². The van der Waals surface area contributed by atoms with E-state index in [0.717, 1.165) is 29.8 Å². The van der Waals surface area contributed by atoms with E-state index in [1.807, 2.05) is 25.1 Å². The van der Waals surface area contributed by atoms with Crippen LogP contribution in [0.2, 0.25) is 0 Å². The van der Waals surface area contributed by atoms with E-state index in [9.17, 15) is 9.59 Å². The van der Waals surface area contributed by atoms with Gasteiger partial charge < -0.3 is 10.6 Å². The fraction of sp³-hybridized carbons (Fsp3) is 0.429. The average Bonchev–Trinajstić information content (AvgIpc) is 2.63. The van der Waals surface area contributed by atoms with E-state index in [1.165, 1.54) is 0 Å². The Morgan fingerprint density at radius 3 is 2.94 bits per heavy atom. The predicted octanol–water partition coefficient (Wildman–Crippen LogP) is 2.87. The Morgan fingerprint density at radius 1 is 1.44 bits per heavy atom. The summed E-state index contributed by atoms with van der Waals surface area (Å²) in [4.78, 5) is 23.1. The molecule has 1 aromatic carbocycles. The molecule has 0 saturated heterocycles. The van der Waals surface area contributed by atoms with Crippen molar-refractivity contribution in [2.75, 3.05) is 10.6 Å². The van der Waals surface area contributed by atoms with Crippen molar-refractivity contribution in [3.8, 4) is 0 Å². The van der Waals surface area contributed by atoms with Crippen LogP contribution >= 0.6 is 0 Å². The van der Waals surface area contributed by atoms with E-state index in [-0.39, 0.29) is 17.7 Å². The highest BCUT2D eigenvalue weighted by atomic mass is 16.2. The summed E-state index contributed by atoms with van der Waals surface area (Å²) in [5, 5.41) is 5.67. The third kappa shape index (κ3) is 2.53. The Labute approximate surface area is 107 Å². The molecule has 1 aliphatic rings. The second-order valence-corrected chi connectivity index (χ2v) is 4.66. The van der Waals surface area contributed by atoms with Crippen LogP contribution in [0.1, 0.15) is 44.6 Å². The second-order valence-electron chi connectivity index (χ2n) is 4.66.